The van der Waals surface area contributed by atoms with E-state index >= 15 is 0 Å². The van der Waals surface area contributed by atoms with Crippen LogP contribution in [0.25, 0.3) is 0 Å². The van der Waals surface area contributed by atoms with Crippen molar-refractivity contribution in [1.29, 1.82) is 0 Å². The van der Waals surface area contributed by atoms with Crippen molar-refractivity contribution < 1.29 is 9.36 Å². The molecular formula is C25H28BrN4O+. The van der Waals surface area contributed by atoms with Crippen LogP contribution >= 0.6 is 15.9 Å². The van der Waals surface area contributed by atoms with Gasteiger partial charge in [0.1, 0.15) is 25.1 Å². The number of rotatable bonds is 4. The van der Waals surface area contributed by atoms with Gasteiger partial charge in [-0.25, -0.2) is 9.13 Å². The van der Waals surface area contributed by atoms with Crippen LogP contribution in [0.3, 0.4) is 0 Å². The lowest BCUT2D eigenvalue weighted by molar-refractivity contribution is -0.693. The third-order valence-electron chi connectivity index (χ3n) is 7.15. The van der Waals surface area contributed by atoms with E-state index in [1.807, 2.05) is 6.20 Å². The van der Waals surface area contributed by atoms with Gasteiger partial charge in [0.05, 0.1) is 0 Å². The number of fused-ring (bicyclic) bond motifs is 3. The van der Waals surface area contributed by atoms with Crippen molar-refractivity contribution in [2.24, 2.45) is 0 Å². The molecule has 5 rings (SSSR count). The fraction of sp³-hybridized carbons (Fsp3) is 0.360. The van der Waals surface area contributed by atoms with E-state index in [-0.39, 0.29) is 17.5 Å². The number of nitrogens with zero attached hydrogens (tertiary/aromatic N) is 4. The van der Waals surface area contributed by atoms with Crippen molar-refractivity contribution in [2.45, 2.75) is 44.9 Å². The molecule has 0 radical (unpaired) electrons. The maximum atomic E-state index is 13.4. The fourth-order valence-electron chi connectivity index (χ4n) is 5.41. The molecule has 3 heterocycles. The monoisotopic (exact) mass is 479 g/mol. The second-order valence-electron chi connectivity index (χ2n) is 8.98. The number of hydrogen-bond donors (Lipinski definition) is 0. The molecule has 2 aliphatic rings. The molecule has 2 aromatic carbocycles. The largest absolute Gasteiger partial charge is 0.353 e. The number of halogens is 1. The first-order chi connectivity index (χ1) is 14.9. The number of para-hydroxylation sites is 1. The highest BCUT2D eigenvalue weighted by molar-refractivity contribution is 9.10. The highest BCUT2D eigenvalue weighted by Gasteiger charge is 2.54. The van der Waals surface area contributed by atoms with Crippen molar-refractivity contribution in [3.63, 3.8) is 0 Å². The minimum atomic E-state index is -0.00572. The lowest BCUT2D eigenvalue weighted by Crippen LogP contribution is -2.50. The fourth-order valence-corrected chi connectivity index (χ4v) is 5.68. The second kappa shape index (κ2) is 7.52. The van der Waals surface area contributed by atoms with Gasteiger partial charge in [0, 0.05) is 36.1 Å². The van der Waals surface area contributed by atoms with Gasteiger partial charge in [-0.15, -0.1) is 0 Å². The first-order valence-corrected chi connectivity index (χ1v) is 11.6. The summed E-state index contributed by atoms with van der Waals surface area (Å²) in [6, 6.07) is 17.0. The molecule has 0 saturated carbocycles. The van der Waals surface area contributed by atoms with E-state index in [0.717, 1.165) is 29.8 Å². The number of imidazole rings is 1. The van der Waals surface area contributed by atoms with Crippen LogP contribution < -0.4 is 9.47 Å². The molecule has 3 aromatic rings. The average Bonchev–Trinajstić information content (AvgIpc) is 3.36. The van der Waals surface area contributed by atoms with Gasteiger partial charge < -0.3 is 9.80 Å². The molecule has 6 heteroatoms. The molecule has 0 aliphatic carbocycles. The molecule has 2 unspecified atom stereocenters. The van der Waals surface area contributed by atoms with Crippen molar-refractivity contribution in [3.05, 3.63) is 82.3 Å². The Kier molecular flexibility index (Phi) is 4.93. The summed E-state index contributed by atoms with van der Waals surface area (Å²) in [4.78, 5) is 17.8. The quantitative estimate of drug-likeness (QED) is 0.532. The van der Waals surface area contributed by atoms with Crippen LogP contribution in [0.2, 0.25) is 0 Å². The third-order valence-corrected chi connectivity index (χ3v) is 7.68. The highest BCUT2D eigenvalue weighted by atomic mass is 79.9. The van der Waals surface area contributed by atoms with Crippen LogP contribution in [0, 0.1) is 6.92 Å². The molecule has 0 spiro atoms. The van der Waals surface area contributed by atoms with E-state index in [1.165, 1.54) is 16.8 Å². The van der Waals surface area contributed by atoms with Crippen LogP contribution in [0.4, 0.5) is 5.69 Å². The molecule has 1 amide bonds. The van der Waals surface area contributed by atoms with Crippen LogP contribution in [0.5, 0.6) is 0 Å². The number of carbonyl (C=O) groups excluding carboxylic acids is 1. The van der Waals surface area contributed by atoms with Gasteiger partial charge in [0.15, 0.2) is 6.54 Å². The van der Waals surface area contributed by atoms with Gasteiger partial charge in [-0.2, -0.15) is 0 Å². The summed E-state index contributed by atoms with van der Waals surface area (Å²) in [6.07, 6.45) is 5.17. The number of benzene rings is 2. The molecule has 0 bridgehead atoms. The Morgan fingerprint density at radius 3 is 2.71 bits per heavy atom. The summed E-state index contributed by atoms with van der Waals surface area (Å²) in [6.45, 7) is 6.36. The van der Waals surface area contributed by atoms with Crippen LogP contribution in [-0.4, -0.2) is 35.1 Å². The molecule has 0 N–H and O–H groups in total. The Balaban J connectivity index is 1.34. The van der Waals surface area contributed by atoms with Crippen molar-refractivity contribution >= 4 is 27.5 Å². The number of hydrogen-bond acceptors (Lipinski definition) is 2. The van der Waals surface area contributed by atoms with Crippen molar-refractivity contribution in [3.8, 4) is 0 Å². The molecule has 1 saturated heterocycles. The van der Waals surface area contributed by atoms with Gasteiger partial charge >= 0.3 is 0 Å². The number of amides is 1. The zero-order chi connectivity index (χ0) is 21.8. The molecule has 1 aromatic heterocycles. The Labute approximate surface area is 192 Å². The smallest absolute Gasteiger partial charge is 0.266 e. The van der Waals surface area contributed by atoms with Gasteiger partial charge in [-0.1, -0.05) is 53.2 Å². The van der Waals surface area contributed by atoms with Gasteiger partial charge in [0.2, 0.25) is 0 Å². The zero-order valence-electron chi connectivity index (χ0n) is 18.3. The second-order valence-corrected chi connectivity index (χ2v) is 9.90. The number of aromatic nitrogens is 2. The number of likely N-dealkylation sites (N-methyl/N-ethyl adjacent to an activating group) is 1. The summed E-state index contributed by atoms with van der Waals surface area (Å²) in [5.41, 5.74) is 3.84. The molecular weight excluding hydrogens is 452 g/mol. The molecule has 5 nitrogen and oxygen atoms in total. The minimum absolute atomic E-state index is 0.00572. The van der Waals surface area contributed by atoms with Gasteiger partial charge in [-0.05, 0) is 35.7 Å². The molecule has 1 fully saturated rings. The predicted octanol–water partition coefficient (Wildman–Crippen LogP) is 3.86. The van der Waals surface area contributed by atoms with Gasteiger partial charge in [-0.3, -0.25) is 4.79 Å². The van der Waals surface area contributed by atoms with E-state index < -0.39 is 0 Å². The number of carbonyl (C=O) groups is 1. The third kappa shape index (κ3) is 3.28. The Morgan fingerprint density at radius 1 is 1.19 bits per heavy atom. The highest BCUT2D eigenvalue weighted by Crippen LogP contribution is 2.51. The van der Waals surface area contributed by atoms with Gasteiger partial charge in [0.25, 0.3) is 11.7 Å². The number of likely N-dealkylation sites (tertiary alicyclic amines) is 1. The normalized spacial score (nSPS) is 22.0. The first-order valence-electron chi connectivity index (χ1n) is 10.8. The Bertz CT molecular complexity index is 1140. The van der Waals surface area contributed by atoms with Crippen LogP contribution in [0.15, 0.2) is 65.4 Å². The van der Waals surface area contributed by atoms with E-state index in [1.54, 1.807) is 0 Å². The summed E-state index contributed by atoms with van der Waals surface area (Å²) < 4.78 is 5.35. The van der Waals surface area contributed by atoms with Crippen LogP contribution in [-0.2, 0) is 23.3 Å². The number of anilines is 1. The molecule has 2 atom stereocenters. The summed E-state index contributed by atoms with van der Waals surface area (Å²) in [5.74, 6) is 1.27. The van der Waals surface area contributed by atoms with Crippen molar-refractivity contribution in [1.82, 2.24) is 9.47 Å². The maximum absolute atomic E-state index is 13.4. The summed E-state index contributed by atoms with van der Waals surface area (Å²) in [5, 5.41) is 0. The summed E-state index contributed by atoms with van der Waals surface area (Å²) >= 11 is 3.49. The minimum Gasteiger partial charge on any atom is -0.353 e. The van der Waals surface area contributed by atoms with E-state index in [9.17, 15) is 4.79 Å². The van der Waals surface area contributed by atoms with Crippen molar-refractivity contribution in [2.75, 3.05) is 18.5 Å². The Hall–Kier alpha value is -2.60. The Morgan fingerprint density at radius 2 is 1.94 bits per heavy atom. The van der Waals surface area contributed by atoms with Crippen LogP contribution in [0.1, 0.15) is 30.3 Å². The predicted molar refractivity (Wildman–Crippen MR) is 125 cm³/mol. The SMILES string of the molecule is Cc1n(CC(=O)N2CCC3(C)c4ccccc4N(C)C23)cc[n+]1Cc1ccc(Br)cc1. The van der Waals surface area contributed by atoms with E-state index in [2.05, 4.69) is 110 Å². The first kappa shape index (κ1) is 20.3. The molecule has 31 heavy (non-hydrogen) atoms. The molecule has 2 aliphatic heterocycles. The van der Waals surface area contributed by atoms with E-state index in [0.29, 0.717) is 6.54 Å². The average molecular weight is 480 g/mol. The van der Waals surface area contributed by atoms with E-state index in [4.69, 9.17) is 0 Å². The molecule has 160 valence electrons. The summed E-state index contributed by atoms with van der Waals surface area (Å²) in [7, 11) is 2.12. The maximum Gasteiger partial charge on any atom is 0.266 e. The topological polar surface area (TPSA) is 32.4 Å². The standard InChI is InChI=1S/C25H28BrN4O/c1-18-28(16-19-8-10-20(26)11-9-19)14-15-29(18)17-23(31)30-13-12-25(2)21-6-4-5-7-22(21)27(3)24(25)30/h4-11,14-15,24H,12-13,16-17H2,1-3H3/q+1. The lowest BCUT2D eigenvalue weighted by atomic mass is 9.81. The zero-order valence-corrected chi connectivity index (χ0v) is 19.8. The lowest BCUT2D eigenvalue weighted by Gasteiger charge is -2.34.